The molecule has 7 aromatic rings. The Hall–Kier alpha value is -4.35. The number of benzene rings is 3. The quantitative estimate of drug-likeness (QED) is 0.184. The van der Waals surface area contributed by atoms with Gasteiger partial charge in [-0.3, -0.25) is 0 Å². The second-order valence-corrected chi connectivity index (χ2v) is 14.3. The van der Waals surface area contributed by atoms with E-state index in [1.807, 2.05) is 11.3 Å². The van der Waals surface area contributed by atoms with Crippen molar-refractivity contribution in [2.75, 3.05) is 0 Å². The van der Waals surface area contributed by atoms with Gasteiger partial charge in [-0.1, -0.05) is 50.2 Å². The number of thiophene rings is 1. The number of para-hydroxylation sites is 1. The average Bonchev–Trinajstić information content (AvgIpc) is 3.62. The molecule has 0 amide bonds. The van der Waals surface area contributed by atoms with Crippen LogP contribution in [0.15, 0.2) is 103 Å². The summed E-state index contributed by atoms with van der Waals surface area (Å²) in [6.07, 6.45) is 5.37. The van der Waals surface area contributed by atoms with Crippen LogP contribution in [0.5, 0.6) is 0 Å². The Balaban J connectivity index is 1.43. The number of hydrogen-bond donors (Lipinski definition) is 0. The molecule has 0 bridgehead atoms. The van der Waals surface area contributed by atoms with Crippen LogP contribution in [0.2, 0.25) is 0 Å². The van der Waals surface area contributed by atoms with E-state index in [0.717, 1.165) is 31.5 Å². The number of aromatic nitrogens is 4. The Labute approximate surface area is 268 Å². The fourth-order valence-corrected chi connectivity index (χ4v) is 10.4. The minimum Gasteiger partial charge on any atom is -0.246 e. The lowest BCUT2D eigenvalue weighted by atomic mass is 9.61. The van der Waals surface area contributed by atoms with Gasteiger partial charge in [0, 0.05) is 62.7 Å². The van der Waals surface area contributed by atoms with Crippen LogP contribution in [-0.4, -0.2) is 9.78 Å². The summed E-state index contributed by atoms with van der Waals surface area (Å²) in [7, 11) is 0. The van der Waals surface area contributed by atoms with E-state index in [1.165, 1.54) is 59.3 Å². The summed E-state index contributed by atoms with van der Waals surface area (Å²) >= 11 is 1.92. The molecule has 4 aromatic heterocycles. The number of fused-ring (bicyclic) bond motifs is 12. The molecule has 5 heteroatoms. The number of pyridine rings is 2. The van der Waals surface area contributed by atoms with Gasteiger partial charge < -0.3 is 0 Å². The molecule has 0 aliphatic carbocycles. The van der Waals surface area contributed by atoms with E-state index in [1.54, 1.807) is 0 Å². The zero-order valence-corrected chi connectivity index (χ0v) is 27.2. The molecule has 0 radical (unpaired) electrons. The lowest BCUT2D eigenvalue weighted by molar-refractivity contribution is -0.779. The molecule has 0 spiro atoms. The maximum atomic E-state index is 5.25. The molecule has 9 rings (SSSR count). The first-order valence-corrected chi connectivity index (χ1v) is 17.3. The van der Waals surface area contributed by atoms with E-state index in [4.69, 9.17) is 5.10 Å². The Morgan fingerprint density at radius 2 is 1.69 bits per heavy atom. The third-order valence-corrected chi connectivity index (χ3v) is 12.5. The van der Waals surface area contributed by atoms with Gasteiger partial charge in [0.1, 0.15) is 11.2 Å². The van der Waals surface area contributed by atoms with Gasteiger partial charge in [-0.25, -0.2) is 4.68 Å². The van der Waals surface area contributed by atoms with Crippen molar-refractivity contribution in [1.82, 2.24) is 9.78 Å². The molecule has 222 valence electrons. The fourth-order valence-electron chi connectivity index (χ4n) is 9.33. The van der Waals surface area contributed by atoms with Crippen LogP contribution >= 0.6 is 11.3 Å². The highest BCUT2D eigenvalue weighted by atomic mass is 32.1. The van der Waals surface area contributed by atoms with Gasteiger partial charge in [0.25, 0.3) is 0 Å². The van der Waals surface area contributed by atoms with Crippen molar-refractivity contribution < 1.29 is 9.13 Å². The van der Waals surface area contributed by atoms with Crippen molar-refractivity contribution in [3.05, 3.63) is 115 Å². The number of rotatable bonds is 3. The molecular formula is C40H38N4S+2. The molecule has 3 atom stereocenters. The van der Waals surface area contributed by atoms with Crippen LogP contribution in [-0.2, 0) is 17.6 Å². The predicted molar refractivity (Wildman–Crippen MR) is 185 cm³/mol. The fraction of sp³-hybridized carbons (Fsp3) is 0.275. The molecule has 4 nitrogen and oxygen atoms in total. The minimum atomic E-state index is -0.254. The number of hydrogen-bond acceptors (Lipinski definition) is 2. The van der Waals surface area contributed by atoms with Gasteiger partial charge in [-0.2, -0.15) is 14.2 Å². The van der Waals surface area contributed by atoms with Gasteiger partial charge in [-0.05, 0) is 62.2 Å². The summed E-state index contributed by atoms with van der Waals surface area (Å²) < 4.78 is 10.4. The van der Waals surface area contributed by atoms with Crippen LogP contribution in [0.4, 0.5) is 0 Å². The molecule has 0 fully saturated rings. The molecule has 3 aromatic carbocycles. The molecular weight excluding hydrogens is 569 g/mol. The zero-order chi connectivity index (χ0) is 30.5. The highest BCUT2D eigenvalue weighted by Gasteiger charge is 2.65. The van der Waals surface area contributed by atoms with Crippen molar-refractivity contribution in [3.63, 3.8) is 0 Å². The van der Waals surface area contributed by atoms with Crippen LogP contribution in [0.25, 0.3) is 53.7 Å². The van der Waals surface area contributed by atoms with Crippen LogP contribution in [0.1, 0.15) is 57.2 Å². The maximum absolute atomic E-state index is 5.25. The van der Waals surface area contributed by atoms with Crippen molar-refractivity contribution >= 4 is 42.4 Å². The Morgan fingerprint density at radius 1 is 0.867 bits per heavy atom. The normalized spacial score (nSPS) is 22.2. The first kappa shape index (κ1) is 27.0. The van der Waals surface area contributed by atoms with Gasteiger partial charge in [-0.15, -0.1) is 11.3 Å². The van der Waals surface area contributed by atoms with Gasteiger partial charge >= 0.3 is 0 Å². The first-order chi connectivity index (χ1) is 22.0. The summed E-state index contributed by atoms with van der Waals surface area (Å²) in [5, 5.41) is 9.31. The van der Waals surface area contributed by atoms with Crippen molar-refractivity contribution in [2.24, 2.45) is 0 Å². The Morgan fingerprint density at radius 3 is 2.56 bits per heavy atom. The average molecular weight is 607 g/mol. The number of nitrogens with zero attached hydrogens (tertiary/aromatic N) is 4. The van der Waals surface area contributed by atoms with Crippen LogP contribution in [0.3, 0.4) is 0 Å². The van der Waals surface area contributed by atoms with Gasteiger partial charge in [0.2, 0.25) is 16.9 Å². The highest BCUT2D eigenvalue weighted by Crippen LogP contribution is 2.56. The summed E-state index contributed by atoms with van der Waals surface area (Å²) in [6.45, 7) is 10.4. The largest absolute Gasteiger partial charge is 0.246 e. The van der Waals surface area contributed by atoms with E-state index in [0.29, 0.717) is 0 Å². The van der Waals surface area contributed by atoms with E-state index in [9.17, 15) is 0 Å². The van der Waals surface area contributed by atoms with E-state index in [-0.39, 0.29) is 17.0 Å². The molecule has 0 N–H and O–H groups in total. The maximum Gasteiger partial charge on any atom is 0.231 e. The molecule has 2 aliphatic heterocycles. The topological polar surface area (TPSA) is 25.6 Å². The summed E-state index contributed by atoms with van der Waals surface area (Å²) in [4.78, 5) is 0. The molecule has 0 saturated heterocycles. The molecule has 3 unspecified atom stereocenters. The number of aryl methyl sites for hydroxylation is 2. The van der Waals surface area contributed by atoms with Crippen LogP contribution in [0, 0.1) is 6.92 Å². The Kier molecular flexibility index (Phi) is 5.75. The summed E-state index contributed by atoms with van der Waals surface area (Å²) in [5.41, 5.74) is 8.56. The smallest absolute Gasteiger partial charge is 0.231 e. The predicted octanol–water partition coefficient (Wildman–Crippen LogP) is 9.05. The van der Waals surface area contributed by atoms with E-state index >= 15 is 0 Å². The summed E-state index contributed by atoms with van der Waals surface area (Å²) in [6, 6.07) is 36.5. The molecule has 45 heavy (non-hydrogen) atoms. The second-order valence-electron chi connectivity index (χ2n) is 13.2. The second kappa shape index (κ2) is 9.58. The van der Waals surface area contributed by atoms with E-state index in [2.05, 4.69) is 145 Å². The molecule has 2 aliphatic rings. The highest BCUT2D eigenvalue weighted by molar-refractivity contribution is 7.25. The van der Waals surface area contributed by atoms with Crippen LogP contribution < -0.4 is 9.13 Å². The molecule has 0 saturated carbocycles. The van der Waals surface area contributed by atoms with Crippen molar-refractivity contribution in [1.29, 1.82) is 0 Å². The standard InChI is InChI=1S/C40H38N4S/c1-5-39(4)40(6-2,43-23-12-11-16-32(43)34-25-26(3)41-44(34)39)30-22-24-42-31-15-9-7-13-27(31)18-20-33(42)37-28(30)19-21-36-38(37)29-14-8-10-17-35(29)45-36/h7-21,23,25,30H,5-6,22,24H2,1-4H3/q+2. The third-order valence-electron chi connectivity index (χ3n) is 11.4. The lowest BCUT2D eigenvalue weighted by Gasteiger charge is -2.50. The van der Waals surface area contributed by atoms with E-state index < -0.39 is 0 Å². The van der Waals surface area contributed by atoms with Crippen molar-refractivity contribution in [2.45, 2.75) is 70.5 Å². The first-order valence-electron chi connectivity index (χ1n) is 16.4. The summed E-state index contributed by atoms with van der Waals surface area (Å²) in [5.74, 6) is 0.244. The van der Waals surface area contributed by atoms with Gasteiger partial charge in [0.05, 0.1) is 17.2 Å². The third kappa shape index (κ3) is 3.40. The zero-order valence-electron chi connectivity index (χ0n) is 26.4. The van der Waals surface area contributed by atoms with Crippen molar-refractivity contribution in [3.8, 4) is 22.6 Å². The SMILES string of the molecule is CCC1(C)n2nc(C)cc2-c2cccc[n+]2C1(CC)C1CC[n+]2c(ccc3ccccc32)-c2c1ccc1sc3ccccc3c21. The molecule has 6 heterocycles. The monoisotopic (exact) mass is 606 g/mol. The minimum absolute atomic E-state index is 0.244. The van der Waals surface area contributed by atoms with Gasteiger partial charge in [0.15, 0.2) is 18.3 Å². The Bertz CT molecular complexity index is 2310. The lowest BCUT2D eigenvalue weighted by Crippen LogP contribution is -2.73.